The van der Waals surface area contributed by atoms with Gasteiger partial charge >= 0.3 is 0 Å². The summed E-state index contributed by atoms with van der Waals surface area (Å²) in [5.41, 5.74) is 3.45. The van der Waals surface area contributed by atoms with E-state index in [2.05, 4.69) is 46.9 Å². The van der Waals surface area contributed by atoms with Gasteiger partial charge in [-0.05, 0) is 57.9 Å². The van der Waals surface area contributed by atoms with Gasteiger partial charge in [-0.25, -0.2) is 4.98 Å². The van der Waals surface area contributed by atoms with E-state index in [1.807, 2.05) is 11.6 Å². The molecule has 0 spiro atoms. The van der Waals surface area contributed by atoms with Gasteiger partial charge in [0, 0.05) is 11.5 Å². The maximum atomic E-state index is 6.12. The van der Waals surface area contributed by atoms with Crippen molar-refractivity contribution in [3.8, 4) is 0 Å². The predicted octanol–water partition coefficient (Wildman–Crippen LogP) is 4.89. The first-order valence-electron chi connectivity index (χ1n) is 5.90. The topological polar surface area (TPSA) is 17.8 Å². The number of hydrogen-bond acceptors (Lipinski definition) is 1. The Morgan fingerprint density at radius 3 is 2.59 bits per heavy atom. The lowest BCUT2D eigenvalue weighted by Crippen LogP contribution is -2.00. The van der Waals surface area contributed by atoms with Crippen LogP contribution in [0.15, 0.2) is 16.6 Å². The van der Waals surface area contributed by atoms with Crippen LogP contribution >= 0.6 is 27.5 Å². The van der Waals surface area contributed by atoms with Crippen LogP contribution in [0, 0.1) is 0 Å². The quantitative estimate of drug-likeness (QED) is 0.788. The Kier molecular flexibility index (Phi) is 3.79. The van der Waals surface area contributed by atoms with E-state index in [0.717, 1.165) is 28.3 Å². The molecule has 0 unspecified atom stereocenters. The Balaban J connectivity index is 2.76. The van der Waals surface area contributed by atoms with Crippen molar-refractivity contribution in [2.45, 2.75) is 32.6 Å². The van der Waals surface area contributed by atoms with Crippen LogP contribution in [0.3, 0.4) is 0 Å². The fourth-order valence-corrected chi connectivity index (χ4v) is 2.92. The van der Waals surface area contributed by atoms with Gasteiger partial charge in [-0.3, -0.25) is 0 Å². The number of rotatable bonds is 3. The highest BCUT2D eigenvalue weighted by molar-refractivity contribution is 9.10. The zero-order valence-electron chi connectivity index (χ0n) is 10.3. The van der Waals surface area contributed by atoms with Crippen molar-refractivity contribution in [1.82, 2.24) is 9.55 Å². The van der Waals surface area contributed by atoms with Crippen LogP contribution in [-0.2, 0) is 7.05 Å². The van der Waals surface area contributed by atoms with Crippen molar-refractivity contribution < 1.29 is 0 Å². The molecule has 92 valence electrons. The summed E-state index contributed by atoms with van der Waals surface area (Å²) < 4.78 is 2.97. The second-order valence-electron chi connectivity index (χ2n) is 4.29. The normalized spacial score (nSPS) is 11.6. The van der Waals surface area contributed by atoms with E-state index in [0.29, 0.717) is 11.2 Å². The second-order valence-corrected chi connectivity index (χ2v) is 5.48. The number of fused-ring (bicyclic) bond motifs is 1. The van der Waals surface area contributed by atoms with Gasteiger partial charge in [0.2, 0.25) is 5.28 Å². The average molecular weight is 316 g/mol. The highest BCUT2D eigenvalue weighted by Crippen LogP contribution is 2.34. The first-order valence-corrected chi connectivity index (χ1v) is 7.07. The minimum Gasteiger partial charge on any atom is -0.317 e. The van der Waals surface area contributed by atoms with Crippen molar-refractivity contribution in [3.63, 3.8) is 0 Å². The molecule has 0 radical (unpaired) electrons. The molecular formula is C13H16BrClN2. The Bertz CT molecular complexity index is 544. The molecule has 2 nitrogen and oxygen atoms in total. The van der Waals surface area contributed by atoms with Crippen LogP contribution in [0.2, 0.25) is 5.28 Å². The number of halogens is 2. The number of aromatic nitrogens is 2. The lowest BCUT2D eigenvalue weighted by Gasteiger charge is -2.15. The van der Waals surface area contributed by atoms with E-state index >= 15 is 0 Å². The number of hydrogen-bond donors (Lipinski definition) is 0. The van der Waals surface area contributed by atoms with Gasteiger partial charge in [-0.1, -0.05) is 19.9 Å². The van der Waals surface area contributed by atoms with Gasteiger partial charge < -0.3 is 4.57 Å². The largest absolute Gasteiger partial charge is 0.317 e. The molecule has 0 amide bonds. The molecule has 0 saturated carbocycles. The molecular weight excluding hydrogens is 300 g/mol. The van der Waals surface area contributed by atoms with E-state index in [-0.39, 0.29) is 0 Å². The summed E-state index contributed by atoms with van der Waals surface area (Å²) in [4.78, 5) is 4.41. The summed E-state index contributed by atoms with van der Waals surface area (Å²) in [6.45, 7) is 4.44. The summed E-state index contributed by atoms with van der Waals surface area (Å²) in [5.74, 6) is 0.567. The summed E-state index contributed by atoms with van der Waals surface area (Å²) in [7, 11) is 1.97. The van der Waals surface area contributed by atoms with E-state index in [9.17, 15) is 0 Å². The highest BCUT2D eigenvalue weighted by atomic mass is 79.9. The van der Waals surface area contributed by atoms with Crippen LogP contribution in [0.25, 0.3) is 11.0 Å². The molecule has 0 bridgehead atoms. The second kappa shape index (κ2) is 4.99. The minimum absolute atomic E-state index is 0.541. The highest BCUT2D eigenvalue weighted by Gasteiger charge is 2.17. The number of nitrogens with zero attached hydrogens (tertiary/aromatic N) is 2. The van der Waals surface area contributed by atoms with Gasteiger partial charge in [0.15, 0.2) is 0 Å². The Hall–Kier alpha value is -0.540. The molecule has 0 N–H and O–H groups in total. The van der Waals surface area contributed by atoms with Gasteiger partial charge in [0.1, 0.15) is 5.52 Å². The number of benzene rings is 1. The van der Waals surface area contributed by atoms with Crippen LogP contribution < -0.4 is 0 Å². The summed E-state index contributed by atoms with van der Waals surface area (Å²) in [6.07, 6.45) is 2.27. The van der Waals surface area contributed by atoms with Gasteiger partial charge in [0.25, 0.3) is 0 Å². The van der Waals surface area contributed by atoms with Crippen LogP contribution in [-0.4, -0.2) is 9.55 Å². The Morgan fingerprint density at radius 2 is 2.00 bits per heavy atom. The fraction of sp³-hybridized carbons (Fsp3) is 0.462. The molecule has 2 rings (SSSR count). The summed E-state index contributed by atoms with van der Waals surface area (Å²) in [5, 5.41) is 0.541. The summed E-state index contributed by atoms with van der Waals surface area (Å²) in [6, 6.07) is 4.25. The molecule has 4 heteroatoms. The maximum Gasteiger partial charge on any atom is 0.203 e. The summed E-state index contributed by atoms with van der Waals surface area (Å²) >= 11 is 9.66. The lowest BCUT2D eigenvalue weighted by atomic mass is 9.93. The fourth-order valence-electron chi connectivity index (χ4n) is 2.35. The third kappa shape index (κ3) is 2.11. The zero-order valence-corrected chi connectivity index (χ0v) is 12.6. The molecule has 2 aromatic rings. The van der Waals surface area contributed by atoms with E-state index in [1.54, 1.807) is 0 Å². The first kappa shape index (κ1) is 12.9. The standard InChI is InChI=1S/C13H16BrClN2/c1-4-8(5-2)9-6-7-10(14)11-12(9)17(3)13(15)16-11/h6-8H,4-5H2,1-3H3. The Labute approximate surface area is 115 Å². The van der Waals surface area contributed by atoms with Gasteiger partial charge in [-0.2, -0.15) is 0 Å². The monoisotopic (exact) mass is 314 g/mol. The van der Waals surface area contributed by atoms with E-state index in [1.165, 1.54) is 5.56 Å². The lowest BCUT2D eigenvalue weighted by molar-refractivity contribution is 0.643. The molecule has 0 aliphatic carbocycles. The zero-order chi connectivity index (χ0) is 12.6. The SMILES string of the molecule is CCC(CC)c1ccc(Br)c2nc(Cl)n(C)c12. The van der Waals surface area contributed by atoms with Crippen LogP contribution in [0.1, 0.15) is 38.2 Å². The van der Waals surface area contributed by atoms with E-state index < -0.39 is 0 Å². The van der Waals surface area contributed by atoms with Crippen molar-refractivity contribution in [2.75, 3.05) is 0 Å². The predicted molar refractivity (Wildman–Crippen MR) is 76.7 cm³/mol. The number of aryl methyl sites for hydroxylation is 1. The molecule has 0 atom stereocenters. The van der Waals surface area contributed by atoms with Gasteiger partial charge in [-0.15, -0.1) is 0 Å². The van der Waals surface area contributed by atoms with E-state index in [4.69, 9.17) is 11.6 Å². The van der Waals surface area contributed by atoms with Gasteiger partial charge in [0.05, 0.1) is 5.52 Å². The van der Waals surface area contributed by atoms with Crippen molar-refractivity contribution in [2.24, 2.45) is 7.05 Å². The van der Waals surface area contributed by atoms with Crippen molar-refractivity contribution in [1.29, 1.82) is 0 Å². The maximum absolute atomic E-state index is 6.12. The average Bonchev–Trinajstić information content (AvgIpc) is 2.62. The molecule has 0 aliphatic rings. The van der Waals surface area contributed by atoms with Crippen LogP contribution in [0.4, 0.5) is 0 Å². The third-order valence-corrected chi connectivity index (χ3v) is 4.35. The number of imidazole rings is 1. The molecule has 1 heterocycles. The third-order valence-electron chi connectivity index (χ3n) is 3.37. The molecule has 0 fully saturated rings. The molecule has 0 aliphatic heterocycles. The molecule has 1 aromatic heterocycles. The molecule has 0 saturated heterocycles. The van der Waals surface area contributed by atoms with Crippen molar-refractivity contribution >= 4 is 38.6 Å². The molecule has 17 heavy (non-hydrogen) atoms. The van der Waals surface area contributed by atoms with Crippen LogP contribution in [0.5, 0.6) is 0 Å². The minimum atomic E-state index is 0.541. The molecule has 1 aromatic carbocycles. The smallest absolute Gasteiger partial charge is 0.203 e. The van der Waals surface area contributed by atoms with Crippen molar-refractivity contribution in [3.05, 3.63) is 27.5 Å². The first-order chi connectivity index (χ1) is 8.10. The Morgan fingerprint density at radius 1 is 1.35 bits per heavy atom.